The van der Waals surface area contributed by atoms with Gasteiger partial charge in [-0.2, -0.15) is 0 Å². The van der Waals surface area contributed by atoms with Gasteiger partial charge in [0, 0.05) is 18.9 Å². The minimum absolute atomic E-state index is 0.129. The van der Waals surface area contributed by atoms with Gasteiger partial charge < -0.3 is 14.8 Å². The molecule has 0 radical (unpaired) electrons. The lowest BCUT2D eigenvalue weighted by Gasteiger charge is -2.08. The van der Waals surface area contributed by atoms with E-state index in [4.69, 9.17) is 9.47 Å². The van der Waals surface area contributed by atoms with E-state index in [1.165, 1.54) is 14.2 Å². The molecule has 132 valence electrons. The largest absolute Gasteiger partial charge is 0.465 e. The number of ether oxygens (including phenoxy) is 2. The average Bonchev–Trinajstić information content (AvgIpc) is 2.95. The smallest absolute Gasteiger partial charge is 0.348 e. The SMILES string of the molecule is COC(=O)c1sc(NC(=O)NCc2cccnc2)c(C(=O)OC)c1C. The number of nitrogens with zero attached hydrogens (tertiary/aromatic N) is 1. The summed E-state index contributed by atoms with van der Waals surface area (Å²) in [5, 5.41) is 5.44. The highest BCUT2D eigenvalue weighted by molar-refractivity contribution is 7.18. The van der Waals surface area contributed by atoms with Crippen LogP contribution in [-0.4, -0.2) is 37.2 Å². The summed E-state index contributed by atoms with van der Waals surface area (Å²) in [5.41, 5.74) is 1.35. The lowest BCUT2D eigenvalue weighted by atomic mass is 10.1. The van der Waals surface area contributed by atoms with Crippen LogP contribution in [0, 0.1) is 6.92 Å². The molecule has 9 heteroatoms. The van der Waals surface area contributed by atoms with Crippen LogP contribution in [0.15, 0.2) is 24.5 Å². The minimum atomic E-state index is -0.647. The summed E-state index contributed by atoms with van der Waals surface area (Å²) >= 11 is 0.953. The molecule has 2 aromatic rings. The van der Waals surface area contributed by atoms with Gasteiger partial charge in [0.2, 0.25) is 0 Å². The van der Waals surface area contributed by atoms with Crippen molar-refractivity contribution in [3.05, 3.63) is 46.1 Å². The topological polar surface area (TPSA) is 107 Å². The summed E-state index contributed by atoms with van der Waals surface area (Å²) in [6, 6.07) is 3.06. The molecule has 2 rings (SSSR count). The molecule has 0 aliphatic heterocycles. The number of hydrogen-bond acceptors (Lipinski definition) is 7. The van der Waals surface area contributed by atoms with Crippen LogP contribution in [-0.2, 0) is 16.0 Å². The molecular formula is C16H17N3O5S. The molecule has 0 atom stereocenters. The molecule has 2 aromatic heterocycles. The Morgan fingerprint density at radius 3 is 2.52 bits per heavy atom. The van der Waals surface area contributed by atoms with Crippen LogP contribution in [0.2, 0.25) is 0 Å². The van der Waals surface area contributed by atoms with E-state index in [2.05, 4.69) is 15.6 Å². The van der Waals surface area contributed by atoms with Crippen molar-refractivity contribution in [2.24, 2.45) is 0 Å². The molecule has 0 saturated carbocycles. The van der Waals surface area contributed by atoms with Gasteiger partial charge in [0.05, 0.1) is 19.8 Å². The number of carbonyl (C=O) groups is 3. The molecule has 0 unspecified atom stereocenters. The van der Waals surface area contributed by atoms with E-state index in [1.54, 1.807) is 25.4 Å². The number of carbonyl (C=O) groups excluding carboxylic acids is 3. The Morgan fingerprint density at radius 1 is 1.20 bits per heavy atom. The van der Waals surface area contributed by atoms with Crippen LogP contribution in [0.5, 0.6) is 0 Å². The first-order chi connectivity index (χ1) is 12.0. The maximum absolute atomic E-state index is 12.1. The number of methoxy groups -OCH3 is 2. The standard InChI is InChI=1S/C16H17N3O5S/c1-9-11(14(20)23-2)13(25-12(9)15(21)24-3)19-16(22)18-8-10-5-4-6-17-7-10/h4-7H,8H2,1-3H3,(H2,18,19,22). The first kappa shape index (κ1) is 18.4. The molecule has 2 amide bonds. The monoisotopic (exact) mass is 363 g/mol. The summed E-state index contributed by atoms with van der Waals surface area (Å²) in [7, 11) is 2.47. The molecular weight excluding hydrogens is 346 g/mol. The third kappa shape index (κ3) is 4.32. The molecule has 2 heterocycles. The maximum atomic E-state index is 12.1. The Morgan fingerprint density at radius 2 is 1.92 bits per heavy atom. The molecule has 25 heavy (non-hydrogen) atoms. The first-order valence-corrected chi connectivity index (χ1v) is 8.03. The van der Waals surface area contributed by atoms with Crippen LogP contribution in [0.1, 0.15) is 31.2 Å². The van der Waals surface area contributed by atoms with Crippen molar-refractivity contribution < 1.29 is 23.9 Å². The van der Waals surface area contributed by atoms with Crippen LogP contribution < -0.4 is 10.6 Å². The van der Waals surface area contributed by atoms with Gasteiger partial charge in [-0.1, -0.05) is 6.07 Å². The zero-order valence-corrected chi connectivity index (χ0v) is 14.7. The second-order valence-electron chi connectivity index (χ2n) is 4.91. The van der Waals surface area contributed by atoms with E-state index in [1.807, 2.05) is 6.07 Å². The predicted octanol–water partition coefficient (Wildman–Crippen LogP) is 2.35. The summed E-state index contributed by atoms with van der Waals surface area (Å²) in [6.45, 7) is 1.86. The Balaban J connectivity index is 2.18. The van der Waals surface area contributed by atoms with Gasteiger partial charge in [-0.3, -0.25) is 10.3 Å². The highest BCUT2D eigenvalue weighted by atomic mass is 32.1. The molecule has 0 saturated heterocycles. The number of esters is 2. The Kier molecular flexibility index (Phi) is 6.07. The Labute approximate surface area is 148 Å². The van der Waals surface area contributed by atoms with Crippen molar-refractivity contribution in [2.75, 3.05) is 19.5 Å². The van der Waals surface area contributed by atoms with Crippen LogP contribution >= 0.6 is 11.3 Å². The number of nitrogens with one attached hydrogen (secondary N) is 2. The minimum Gasteiger partial charge on any atom is -0.465 e. The molecule has 2 N–H and O–H groups in total. The van der Waals surface area contributed by atoms with Crippen molar-refractivity contribution in [1.82, 2.24) is 10.3 Å². The van der Waals surface area contributed by atoms with Gasteiger partial charge in [-0.05, 0) is 24.1 Å². The quantitative estimate of drug-likeness (QED) is 0.790. The van der Waals surface area contributed by atoms with E-state index in [0.717, 1.165) is 16.9 Å². The zero-order valence-electron chi connectivity index (χ0n) is 13.9. The van der Waals surface area contributed by atoms with Crippen molar-refractivity contribution in [1.29, 1.82) is 0 Å². The normalized spacial score (nSPS) is 10.0. The van der Waals surface area contributed by atoms with Gasteiger partial charge in [-0.15, -0.1) is 11.3 Å². The molecule has 0 aliphatic rings. The highest BCUT2D eigenvalue weighted by Gasteiger charge is 2.26. The maximum Gasteiger partial charge on any atom is 0.348 e. The number of aromatic nitrogens is 1. The lowest BCUT2D eigenvalue weighted by molar-refractivity contribution is 0.0601. The Bertz CT molecular complexity index is 789. The second kappa shape index (κ2) is 8.25. The molecule has 0 aromatic carbocycles. The fourth-order valence-corrected chi connectivity index (χ4v) is 3.18. The van der Waals surface area contributed by atoms with Crippen LogP contribution in [0.25, 0.3) is 0 Å². The van der Waals surface area contributed by atoms with Crippen LogP contribution in [0.3, 0.4) is 0 Å². The van der Waals surface area contributed by atoms with Gasteiger partial charge in [-0.25, -0.2) is 14.4 Å². The van der Waals surface area contributed by atoms with Crippen molar-refractivity contribution in [2.45, 2.75) is 13.5 Å². The van der Waals surface area contributed by atoms with Gasteiger partial charge >= 0.3 is 18.0 Å². The number of rotatable bonds is 5. The fraction of sp³-hybridized carbons (Fsp3) is 0.250. The first-order valence-electron chi connectivity index (χ1n) is 7.21. The number of amides is 2. The molecule has 0 fully saturated rings. The van der Waals surface area contributed by atoms with E-state index in [-0.39, 0.29) is 22.0 Å². The summed E-state index contributed by atoms with van der Waals surface area (Å²) in [6.07, 6.45) is 3.26. The van der Waals surface area contributed by atoms with Crippen LogP contribution in [0.4, 0.5) is 9.80 Å². The van der Waals surface area contributed by atoms with Crippen molar-refractivity contribution in [3.8, 4) is 0 Å². The third-order valence-corrected chi connectivity index (χ3v) is 4.50. The van der Waals surface area contributed by atoms with Crippen molar-refractivity contribution in [3.63, 3.8) is 0 Å². The molecule has 8 nitrogen and oxygen atoms in total. The average molecular weight is 363 g/mol. The summed E-state index contributed by atoms with van der Waals surface area (Å²) in [5.74, 6) is -1.23. The Hall–Kier alpha value is -2.94. The molecule has 0 aliphatic carbocycles. The van der Waals surface area contributed by atoms with E-state index in [0.29, 0.717) is 5.56 Å². The lowest BCUT2D eigenvalue weighted by Crippen LogP contribution is -2.28. The van der Waals surface area contributed by atoms with E-state index >= 15 is 0 Å². The summed E-state index contributed by atoms with van der Waals surface area (Å²) < 4.78 is 9.42. The number of thiophene rings is 1. The number of pyridine rings is 1. The predicted molar refractivity (Wildman–Crippen MR) is 91.8 cm³/mol. The zero-order chi connectivity index (χ0) is 18.4. The number of hydrogen-bond donors (Lipinski definition) is 2. The van der Waals surface area contributed by atoms with Gasteiger partial charge in [0.1, 0.15) is 9.88 Å². The second-order valence-corrected chi connectivity index (χ2v) is 5.93. The van der Waals surface area contributed by atoms with E-state index in [9.17, 15) is 14.4 Å². The van der Waals surface area contributed by atoms with Gasteiger partial charge in [0.15, 0.2) is 0 Å². The summed E-state index contributed by atoms with van der Waals surface area (Å²) in [4.78, 5) is 40.1. The van der Waals surface area contributed by atoms with Crippen molar-refractivity contribution >= 4 is 34.3 Å². The van der Waals surface area contributed by atoms with Gasteiger partial charge in [0.25, 0.3) is 0 Å². The molecule has 0 spiro atoms. The fourth-order valence-electron chi connectivity index (χ4n) is 2.07. The number of urea groups is 1. The highest BCUT2D eigenvalue weighted by Crippen LogP contribution is 2.34. The number of anilines is 1. The molecule has 0 bridgehead atoms. The van der Waals surface area contributed by atoms with E-state index < -0.39 is 18.0 Å². The third-order valence-electron chi connectivity index (χ3n) is 3.31.